The van der Waals surface area contributed by atoms with Gasteiger partial charge in [0.2, 0.25) is 0 Å². The Balaban J connectivity index is 1.76. The van der Waals surface area contributed by atoms with Crippen LogP contribution in [0, 0.1) is 0 Å². The van der Waals surface area contributed by atoms with Crippen molar-refractivity contribution in [3.05, 3.63) is 28.2 Å². The third kappa shape index (κ3) is 2.21. The molecule has 3 rings (SSSR count). The molecule has 0 amide bonds. The number of hydrogen-bond acceptors (Lipinski definition) is 3. The first-order valence-electron chi connectivity index (χ1n) is 6.06. The number of methoxy groups -OCH3 is 1. The largest absolute Gasteiger partial charge is 0.496 e. The van der Waals surface area contributed by atoms with Gasteiger partial charge in [-0.1, -0.05) is 22.0 Å². The molecule has 0 spiro atoms. The van der Waals surface area contributed by atoms with Crippen LogP contribution in [-0.2, 0) is 6.54 Å². The van der Waals surface area contributed by atoms with E-state index in [1.807, 2.05) is 6.07 Å². The maximum atomic E-state index is 5.44. The fraction of sp³-hybridized carbons (Fsp3) is 0.538. The average Bonchev–Trinajstić information content (AvgIpc) is 2.93. The molecule has 0 aliphatic carbocycles. The van der Waals surface area contributed by atoms with Crippen molar-refractivity contribution in [3.8, 4) is 5.75 Å². The van der Waals surface area contributed by atoms with Gasteiger partial charge in [0.05, 0.1) is 7.11 Å². The van der Waals surface area contributed by atoms with E-state index in [1.54, 1.807) is 7.11 Å². The van der Waals surface area contributed by atoms with Gasteiger partial charge in [-0.3, -0.25) is 4.90 Å². The molecular formula is C13H17BrN2O. The van der Waals surface area contributed by atoms with Gasteiger partial charge in [0.1, 0.15) is 5.75 Å². The summed E-state index contributed by atoms with van der Waals surface area (Å²) in [4.78, 5) is 2.56. The standard InChI is InChI=1S/C13H17BrN2O/c1-17-13-4-10(14)3-2-9(13)7-16-8-11-5-12(16)6-15-11/h2-4,11-12,15H,5-8H2,1H3/t11-,12-/m0/s1. The Morgan fingerprint density at radius 2 is 2.41 bits per heavy atom. The lowest BCUT2D eigenvalue weighted by Gasteiger charge is -2.27. The van der Waals surface area contributed by atoms with E-state index in [9.17, 15) is 0 Å². The van der Waals surface area contributed by atoms with Crippen molar-refractivity contribution in [2.45, 2.75) is 25.0 Å². The van der Waals surface area contributed by atoms with Crippen molar-refractivity contribution in [1.29, 1.82) is 0 Å². The molecule has 0 unspecified atom stereocenters. The van der Waals surface area contributed by atoms with Crippen molar-refractivity contribution in [3.63, 3.8) is 0 Å². The molecule has 2 atom stereocenters. The second-order valence-corrected chi connectivity index (χ2v) is 5.80. The van der Waals surface area contributed by atoms with Crippen LogP contribution in [0.5, 0.6) is 5.75 Å². The molecule has 17 heavy (non-hydrogen) atoms. The number of ether oxygens (including phenoxy) is 1. The molecule has 2 aliphatic heterocycles. The lowest BCUT2D eigenvalue weighted by Crippen LogP contribution is -2.43. The van der Waals surface area contributed by atoms with Crippen LogP contribution in [0.25, 0.3) is 0 Å². The number of rotatable bonds is 3. The summed E-state index contributed by atoms with van der Waals surface area (Å²) in [5.74, 6) is 0.982. The molecule has 0 aromatic heterocycles. The smallest absolute Gasteiger partial charge is 0.124 e. The molecule has 1 aromatic rings. The molecule has 1 aromatic carbocycles. The minimum atomic E-state index is 0.710. The number of halogens is 1. The molecular weight excluding hydrogens is 280 g/mol. The summed E-state index contributed by atoms with van der Waals surface area (Å²) in [6.07, 6.45) is 1.30. The highest BCUT2D eigenvalue weighted by Gasteiger charge is 2.37. The minimum absolute atomic E-state index is 0.710. The summed E-state index contributed by atoms with van der Waals surface area (Å²) >= 11 is 3.48. The van der Waals surface area contributed by atoms with E-state index in [-0.39, 0.29) is 0 Å². The highest BCUT2D eigenvalue weighted by molar-refractivity contribution is 9.10. The normalized spacial score (nSPS) is 27.6. The molecule has 3 nitrogen and oxygen atoms in total. The van der Waals surface area contributed by atoms with Crippen LogP contribution in [0.2, 0.25) is 0 Å². The van der Waals surface area contributed by atoms with Crippen LogP contribution in [0.15, 0.2) is 22.7 Å². The molecule has 2 aliphatic rings. The van der Waals surface area contributed by atoms with Gasteiger partial charge in [-0.2, -0.15) is 0 Å². The Hall–Kier alpha value is -0.580. The number of nitrogens with one attached hydrogen (secondary N) is 1. The van der Waals surface area contributed by atoms with Crippen LogP contribution in [0.4, 0.5) is 0 Å². The highest BCUT2D eigenvalue weighted by Crippen LogP contribution is 2.29. The third-order valence-corrected chi connectivity index (χ3v) is 4.29. The SMILES string of the molecule is COc1cc(Br)ccc1CN1C[C@@H]2C[C@H]1CN2. The summed E-state index contributed by atoms with van der Waals surface area (Å²) in [6.45, 7) is 3.31. The van der Waals surface area contributed by atoms with Gasteiger partial charge in [-0.05, 0) is 18.6 Å². The number of nitrogens with zero attached hydrogens (tertiary/aromatic N) is 1. The van der Waals surface area contributed by atoms with Gasteiger partial charge < -0.3 is 10.1 Å². The Morgan fingerprint density at radius 3 is 3.06 bits per heavy atom. The van der Waals surface area contributed by atoms with Gasteiger partial charge in [0.25, 0.3) is 0 Å². The fourth-order valence-electron chi connectivity index (χ4n) is 2.91. The molecule has 2 bridgehead atoms. The summed E-state index contributed by atoms with van der Waals surface area (Å²) in [6, 6.07) is 7.71. The van der Waals surface area contributed by atoms with Gasteiger partial charge in [0, 0.05) is 41.8 Å². The molecule has 1 N–H and O–H groups in total. The lowest BCUT2D eigenvalue weighted by atomic mass is 10.1. The van der Waals surface area contributed by atoms with E-state index in [1.165, 1.54) is 18.5 Å². The second-order valence-electron chi connectivity index (χ2n) is 4.88. The Kier molecular flexibility index (Phi) is 3.11. The Morgan fingerprint density at radius 1 is 1.53 bits per heavy atom. The quantitative estimate of drug-likeness (QED) is 0.923. The number of benzene rings is 1. The third-order valence-electron chi connectivity index (χ3n) is 3.79. The maximum absolute atomic E-state index is 5.44. The van der Waals surface area contributed by atoms with Crippen LogP contribution in [0.3, 0.4) is 0 Å². The van der Waals surface area contributed by atoms with E-state index in [4.69, 9.17) is 4.74 Å². The van der Waals surface area contributed by atoms with E-state index >= 15 is 0 Å². The van der Waals surface area contributed by atoms with Crippen LogP contribution >= 0.6 is 15.9 Å². The molecule has 2 fully saturated rings. The molecule has 2 saturated heterocycles. The van der Waals surface area contributed by atoms with Crippen molar-refractivity contribution in [2.75, 3.05) is 20.2 Å². The first-order chi connectivity index (χ1) is 8.26. The first kappa shape index (κ1) is 11.5. The maximum Gasteiger partial charge on any atom is 0.124 e. The van der Waals surface area contributed by atoms with Crippen LogP contribution in [-0.4, -0.2) is 37.2 Å². The summed E-state index contributed by atoms with van der Waals surface area (Å²) < 4.78 is 6.52. The molecule has 0 saturated carbocycles. The van der Waals surface area contributed by atoms with Gasteiger partial charge in [-0.15, -0.1) is 0 Å². The zero-order valence-electron chi connectivity index (χ0n) is 9.95. The molecule has 2 heterocycles. The molecule has 0 radical (unpaired) electrons. The topological polar surface area (TPSA) is 24.5 Å². The number of hydrogen-bond donors (Lipinski definition) is 1. The summed E-state index contributed by atoms with van der Waals surface area (Å²) in [5.41, 5.74) is 1.28. The van der Waals surface area contributed by atoms with Gasteiger partial charge >= 0.3 is 0 Å². The first-order valence-corrected chi connectivity index (χ1v) is 6.85. The minimum Gasteiger partial charge on any atom is -0.496 e. The van der Waals surface area contributed by atoms with Crippen molar-refractivity contribution < 1.29 is 4.74 Å². The van der Waals surface area contributed by atoms with Crippen molar-refractivity contribution >= 4 is 15.9 Å². The second kappa shape index (κ2) is 4.59. The van der Waals surface area contributed by atoms with Crippen LogP contribution in [0.1, 0.15) is 12.0 Å². The van der Waals surface area contributed by atoms with Crippen molar-refractivity contribution in [1.82, 2.24) is 10.2 Å². The summed E-state index contributed by atoms with van der Waals surface area (Å²) in [7, 11) is 1.74. The number of piperazine rings is 1. The monoisotopic (exact) mass is 296 g/mol. The van der Waals surface area contributed by atoms with E-state index in [2.05, 4.69) is 38.3 Å². The lowest BCUT2D eigenvalue weighted by molar-refractivity contribution is 0.215. The van der Waals surface area contributed by atoms with E-state index in [0.717, 1.165) is 23.3 Å². The number of fused-ring (bicyclic) bond motifs is 2. The fourth-order valence-corrected chi connectivity index (χ4v) is 3.25. The predicted molar refractivity (Wildman–Crippen MR) is 71.3 cm³/mol. The van der Waals surface area contributed by atoms with Crippen molar-refractivity contribution in [2.24, 2.45) is 0 Å². The molecule has 92 valence electrons. The molecule has 4 heteroatoms. The average molecular weight is 297 g/mol. The zero-order valence-corrected chi connectivity index (χ0v) is 11.5. The zero-order chi connectivity index (χ0) is 11.8. The van der Waals surface area contributed by atoms with E-state index in [0.29, 0.717) is 12.1 Å². The van der Waals surface area contributed by atoms with Gasteiger partial charge in [-0.25, -0.2) is 0 Å². The van der Waals surface area contributed by atoms with Crippen LogP contribution < -0.4 is 10.1 Å². The Bertz CT molecular complexity index is 424. The number of likely N-dealkylation sites (tertiary alicyclic amines) is 1. The van der Waals surface area contributed by atoms with E-state index < -0.39 is 0 Å². The van der Waals surface area contributed by atoms with Gasteiger partial charge in [0.15, 0.2) is 0 Å². The summed E-state index contributed by atoms with van der Waals surface area (Å²) in [5, 5.41) is 3.53. The predicted octanol–water partition coefficient (Wildman–Crippen LogP) is 2.00. The highest BCUT2D eigenvalue weighted by atomic mass is 79.9. The Labute approximate surface area is 110 Å².